The number of nitrogens with one attached hydrogen (secondary N) is 4. The van der Waals surface area contributed by atoms with Crippen LogP contribution in [0.1, 0.15) is 13.8 Å². The summed E-state index contributed by atoms with van der Waals surface area (Å²) < 4.78 is 0. The Morgan fingerprint density at radius 1 is 1.17 bits per heavy atom. The van der Waals surface area contributed by atoms with Gasteiger partial charge in [-0.05, 0) is 13.8 Å². The Kier molecular flexibility index (Phi) is 2.93. The summed E-state index contributed by atoms with van der Waals surface area (Å²) in [4.78, 5) is 1.44. The number of rotatable bonds is 0. The predicted molar refractivity (Wildman–Crippen MR) is 50.8 cm³/mol. The van der Waals surface area contributed by atoms with Crippen molar-refractivity contribution in [1.29, 1.82) is 10.8 Å². The average Bonchev–Trinajstić information content (AvgIpc) is 1.81. The minimum Gasteiger partial charge on any atom is -0.334 e. The molecule has 1 rings (SSSR count). The molecule has 0 bridgehead atoms. The van der Waals surface area contributed by atoms with Gasteiger partial charge in [-0.2, -0.15) is 0 Å². The molecule has 0 aromatic heterocycles. The minimum atomic E-state index is -0.388. The van der Waals surface area contributed by atoms with E-state index in [1.54, 1.807) is 7.05 Å². The van der Waals surface area contributed by atoms with Crippen LogP contribution in [0, 0.1) is 10.8 Å². The summed E-state index contributed by atoms with van der Waals surface area (Å²) in [6, 6.07) is 0. The second-order valence-electron chi connectivity index (χ2n) is 3.13. The van der Waals surface area contributed by atoms with E-state index in [1.165, 1.54) is 4.90 Å². The molecule has 0 atom stereocenters. The Balaban J connectivity index is 0.00000121. The molecule has 70 valence electrons. The molecule has 0 aromatic rings. The highest BCUT2D eigenvalue weighted by Crippen LogP contribution is 2.03. The molecule has 0 radical (unpaired) electrons. The van der Waals surface area contributed by atoms with Crippen molar-refractivity contribution in [2.45, 2.75) is 19.5 Å². The van der Waals surface area contributed by atoms with Crippen molar-refractivity contribution in [3.05, 3.63) is 0 Å². The Bertz CT molecular complexity index is 192. The van der Waals surface area contributed by atoms with E-state index in [0.29, 0.717) is 0 Å². The third-order valence-electron chi connectivity index (χ3n) is 1.53. The molecular weight excluding hydrogens is 178 g/mol. The summed E-state index contributed by atoms with van der Waals surface area (Å²) in [5, 5.41) is 20.6. The quantitative estimate of drug-likeness (QED) is 0.440. The zero-order chi connectivity index (χ0) is 8.65. The first kappa shape index (κ1) is 11.0. The Labute approximate surface area is 77.9 Å². The van der Waals surface area contributed by atoms with E-state index in [-0.39, 0.29) is 30.0 Å². The first-order chi connectivity index (χ1) is 4.92. The largest absolute Gasteiger partial charge is 0.334 e. The molecule has 0 aromatic carbocycles. The van der Waals surface area contributed by atoms with Crippen LogP contribution in [0.3, 0.4) is 0 Å². The highest BCUT2D eigenvalue weighted by molar-refractivity contribution is 5.98. The van der Waals surface area contributed by atoms with Crippen LogP contribution in [0.2, 0.25) is 0 Å². The smallest absolute Gasteiger partial charge is 0.199 e. The molecule has 12 heavy (non-hydrogen) atoms. The SMILES string of the molecule is CN1C(=N)NC(C)(C)NC1=N.Cl. The van der Waals surface area contributed by atoms with Gasteiger partial charge in [0.25, 0.3) is 0 Å². The van der Waals surface area contributed by atoms with Crippen LogP contribution in [0.4, 0.5) is 0 Å². The average molecular weight is 192 g/mol. The molecule has 1 aliphatic heterocycles. The van der Waals surface area contributed by atoms with Gasteiger partial charge in [0, 0.05) is 7.05 Å². The summed E-state index contributed by atoms with van der Waals surface area (Å²) in [7, 11) is 1.67. The Hall–Kier alpha value is -0.970. The molecule has 1 aliphatic rings. The van der Waals surface area contributed by atoms with Gasteiger partial charge in [0.1, 0.15) is 5.66 Å². The van der Waals surface area contributed by atoms with E-state index in [1.807, 2.05) is 13.8 Å². The lowest BCUT2D eigenvalue weighted by atomic mass is 10.2. The fourth-order valence-electron chi connectivity index (χ4n) is 0.903. The van der Waals surface area contributed by atoms with E-state index in [0.717, 1.165) is 0 Å². The van der Waals surface area contributed by atoms with Crippen molar-refractivity contribution in [3.8, 4) is 0 Å². The zero-order valence-corrected chi connectivity index (χ0v) is 8.17. The van der Waals surface area contributed by atoms with E-state index >= 15 is 0 Å². The Morgan fingerprint density at radius 3 is 1.83 bits per heavy atom. The number of halogens is 1. The lowest BCUT2D eigenvalue weighted by molar-refractivity contribution is 0.364. The van der Waals surface area contributed by atoms with Gasteiger partial charge in [-0.1, -0.05) is 0 Å². The Morgan fingerprint density at radius 2 is 1.50 bits per heavy atom. The van der Waals surface area contributed by atoms with Gasteiger partial charge in [0.15, 0.2) is 11.9 Å². The van der Waals surface area contributed by atoms with Crippen LogP contribution in [0.25, 0.3) is 0 Å². The van der Waals surface area contributed by atoms with Crippen molar-refractivity contribution in [2.24, 2.45) is 0 Å². The molecule has 5 nitrogen and oxygen atoms in total. The normalized spacial score (nSPS) is 20.8. The molecule has 4 N–H and O–H groups in total. The van der Waals surface area contributed by atoms with Crippen LogP contribution in [-0.2, 0) is 0 Å². The predicted octanol–water partition coefficient (Wildman–Crippen LogP) is 0.138. The molecule has 0 spiro atoms. The van der Waals surface area contributed by atoms with E-state index in [2.05, 4.69) is 10.6 Å². The monoisotopic (exact) mass is 191 g/mol. The highest BCUT2D eigenvalue weighted by Gasteiger charge is 2.28. The second kappa shape index (κ2) is 3.18. The molecule has 0 saturated carbocycles. The third kappa shape index (κ3) is 2.01. The number of hydrogen-bond acceptors (Lipinski definition) is 2. The van der Waals surface area contributed by atoms with Gasteiger partial charge in [0.2, 0.25) is 0 Å². The molecule has 0 amide bonds. The van der Waals surface area contributed by atoms with Crippen LogP contribution in [-0.4, -0.2) is 29.5 Å². The zero-order valence-electron chi connectivity index (χ0n) is 7.36. The van der Waals surface area contributed by atoms with E-state index in [4.69, 9.17) is 10.8 Å². The van der Waals surface area contributed by atoms with E-state index < -0.39 is 0 Å². The van der Waals surface area contributed by atoms with Crippen LogP contribution in [0.5, 0.6) is 0 Å². The first-order valence-electron chi connectivity index (χ1n) is 3.39. The lowest BCUT2D eigenvalue weighted by Gasteiger charge is -2.39. The summed E-state index contributed by atoms with van der Waals surface area (Å²) in [6.07, 6.45) is 0. The van der Waals surface area contributed by atoms with Crippen molar-refractivity contribution < 1.29 is 0 Å². The highest BCUT2D eigenvalue weighted by atomic mass is 35.5. The van der Waals surface area contributed by atoms with Crippen LogP contribution >= 0.6 is 12.4 Å². The molecule has 1 fully saturated rings. The molecule has 6 heteroatoms. The van der Waals surface area contributed by atoms with E-state index in [9.17, 15) is 0 Å². The van der Waals surface area contributed by atoms with Gasteiger partial charge in [-0.25, -0.2) is 0 Å². The maximum absolute atomic E-state index is 7.41. The van der Waals surface area contributed by atoms with Gasteiger partial charge in [0.05, 0.1) is 0 Å². The third-order valence-corrected chi connectivity index (χ3v) is 1.53. The maximum Gasteiger partial charge on any atom is 0.199 e. The fourth-order valence-corrected chi connectivity index (χ4v) is 0.903. The van der Waals surface area contributed by atoms with Crippen LogP contribution in [0.15, 0.2) is 0 Å². The van der Waals surface area contributed by atoms with Gasteiger partial charge < -0.3 is 10.6 Å². The van der Waals surface area contributed by atoms with Crippen molar-refractivity contribution >= 4 is 24.3 Å². The summed E-state index contributed by atoms with van der Waals surface area (Å²) in [6.45, 7) is 3.76. The number of hydrogen-bond donors (Lipinski definition) is 4. The number of nitrogens with zero attached hydrogens (tertiary/aromatic N) is 1. The summed E-state index contributed by atoms with van der Waals surface area (Å²) in [5.41, 5.74) is -0.388. The molecule has 0 aliphatic carbocycles. The van der Waals surface area contributed by atoms with Crippen molar-refractivity contribution in [1.82, 2.24) is 15.5 Å². The standard InChI is InChI=1S/C6H13N5.ClH/c1-6(2)9-4(7)11(3)5(8)10-6;/h1-3H3,(H2,7,9)(H2,8,10);1H. The maximum atomic E-state index is 7.41. The second-order valence-corrected chi connectivity index (χ2v) is 3.13. The van der Waals surface area contributed by atoms with Crippen molar-refractivity contribution in [2.75, 3.05) is 7.05 Å². The fraction of sp³-hybridized carbons (Fsp3) is 0.667. The lowest BCUT2D eigenvalue weighted by Crippen LogP contribution is -2.68. The van der Waals surface area contributed by atoms with Gasteiger partial charge in [-0.3, -0.25) is 15.7 Å². The molecule has 1 saturated heterocycles. The van der Waals surface area contributed by atoms with Gasteiger partial charge in [-0.15, -0.1) is 12.4 Å². The minimum absolute atomic E-state index is 0. The summed E-state index contributed by atoms with van der Waals surface area (Å²) >= 11 is 0. The first-order valence-corrected chi connectivity index (χ1v) is 3.39. The molecular formula is C6H14ClN5. The molecule has 1 heterocycles. The summed E-state index contributed by atoms with van der Waals surface area (Å²) in [5.74, 6) is 0.498. The topological polar surface area (TPSA) is 75.0 Å². The van der Waals surface area contributed by atoms with Crippen molar-refractivity contribution in [3.63, 3.8) is 0 Å². The number of guanidine groups is 2. The molecule has 0 unspecified atom stereocenters. The van der Waals surface area contributed by atoms with Gasteiger partial charge >= 0.3 is 0 Å². The van der Waals surface area contributed by atoms with Crippen LogP contribution < -0.4 is 10.6 Å².